The van der Waals surface area contributed by atoms with Gasteiger partial charge in [0.25, 0.3) is 0 Å². The van der Waals surface area contributed by atoms with Gasteiger partial charge < -0.3 is 14.0 Å². The van der Waals surface area contributed by atoms with Gasteiger partial charge in [0, 0.05) is 63.8 Å². The molecule has 64 heavy (non-hydrogen) atoms. The maximum Gasteiger partial charge on any atom is 0.0771 e. The molecule has 13 aromatic rings. The molecule has 2 aliphatic rings. The van der Waals surface area contributed by atoms with Crippen molar-refractivity contribution in [3.63, 3.8) is 0 Å². The van der Waals surface area contributed by atoms with Crippen LogP contribution in [-0.4, -0.2) is 9.13 Å². The number of aromatic nitrogens is 2. The van der Waals surface area contributed by atoms with Gasteiger partial charge in [0.1, 0.15) is 0 Å². The van der Waals surface area contributed by atoms with Crippen LogP contribution < -0.4 is 4.90 Å². The van der Waals surface area contributed by atoms with E-state index in [1.807, 2.05) is 34.0 Å². The van der Waals surface area contributed by atoms with Gasteiger partial charge in [-0.15, -0.1) is 34.0 Å². The topological polar surface area (TPSA) is 13.1 Å². The predicted molar refractivity (Wildman–Crippen MR) is 274 cm³/mol. The van der Waals surface area contributed by atoms with Gasteiger partial charge in [-0.05, 0) is 130 Å². The van der Waals surface area contributed by atoms with Crippen molar-refractivity contribution in [2.75, 3.05) is 4.90 Å². The normalized spacial score (nSPS) is 13.8. The molecule has 1 spiro atoms. The molecule has 300 valence electrons. The van der Waals surface area contributed by atoms with Crippen molar-refractivity contribution in [1.29, 1.82) is 0 Å². The Morgan fingerprint density at radius 2 is 0.984 bits per heavy atom. The van der Waals surface area contributed by atoms with Gasteiger partial charge in [-0.25, -0.2) is 0 Å². The number of hydrogen-bond donors (Lipinski definition) is 0. The summed E-state index contributed by atoms with van der Waals surface area (Å²) in [7, 11) is 0. The smallest absolute Gasteiger partial charge is 0.0771 e. The molecule has 0 saturated carbocycles. The minimum Gasteiger partial charge on any atom is -0.309 e. The molecule has 6 heterocycles. The Morgan fingerprint density at radius 1 is 0.406 bits per heavy atom. The Bertz CT molecular complexity index is 4080. The summed E-state index contributed by atoms with van der Waals surface area (Å²) in [6.07, 6.45) is 0. The number of anilines is 3. The van der Waals surface area contributed by atoms with Crippen LogP contribution in [0.2, 0.25) is 0 Å². The van der Waals surface area contributed by atoms with Crippen LogP contribution in [0.1, 0.15) is 27.8 Å². The van der Waals surface area contributed by atoms with Crippen LogP contribution in [0.15, 0.2) is 193 Å². The summed E-state index contributed by atoms with van der Waals surface area (Å²) in [5.74, 6) is 0. The number of benzene rings is 8. The highest BCUT2D eigenvalue weighted by Gasteiger charge is 2.53. The van der Waals surface area contributed by atoms with Crippen LogP contribution in [0.25, 0.3) is 84.9 Å². The fourth-order valence-electron chi connectivity index (χ4n) is 11.6. The van der Waals surface area contributed by atoms with Crippen molar-refractivity contribution < 1.29 is 0 Å². The van der Waals surface area contributed by atoms with E-state index >= 15 is 0 Å². The zero-order valence-corrected chi connectivity index (χ0v) is 37.0. The molecule has 0 radical (unpaired) electrons. The lowest BCUT2D eigenvalue weighted by Gasteiger charge is -2.45. The first-order valence-corrected chi connectivity index (χ1v) is 24.4. The Morgan fingerprint density at radius 3 is 1.70 bits per heavy atom. The Kier molecular flexibility index (Phi) is 7.00. The monoisotopic (exact) mass is 869 g/mol. The summed E-state index contributed by atoms with van der Waals surface area (Å²) in [4.78, 5) is 5.43. The molecule has 1 aliphatic carbocycles. The van der Waals surface area contributed by atoms with E-state index < -0.39 is 5.41 Å². The van der Waals surface area contributed by atoms with Gasteiger partial charge >= 0.3 is 0 Å². The average Bonchev–Trinajstić information content (AvgIpc) is 4.20. The number of nitrogens with zero attached hydrogens (tertiary/aromatic N) is 3. The van der Waals surface area contributed by atoms with Crippen molar-refractivity contribution >= 4 is 115 Å². The van der Waals surface area contributed by atoms with E-state index in [0.717, 1.165) is 5.69 Å². The molecule has 0 amide bonds. The zero-order chi connectivity index (χ0) is 41.8. The average molecular weight is 870 g/mol. The third-order valence-electron chi connectivity index (χ3n) is 14.1. The lowest BCUT2D eigenvalue weighted by atomic mass is 9.65. The van der Waals surface area contributed by atoms with Crippen LogP contribution in [0.4, 0.5) is 17.1 Å². The van der Waals surface area contributed by atoms with Crippen molar-refractivity contribution in [1.82, 2.24) is 9.13 Å². The number of aryl methyl sites for hydroxylation is 1. The van der Waals surface area contributed by atoms with Gasteiger partial charge in [-0.1, -0.05) is 97.1 Å². The summed E-state index contributed by atoms with van der Waals surface area (Å²) in [6.45, 7) is 2.24. The molecular weight excluding hydrogens is 835 g/mol. The summed E-state index contributed by atoms with van der Waals surface area (Å²) in [5.41, 5.74) is 17.2. The fourth-order valence-corrected chi connectivity index (χ4v) is 14.9. The molecule has 15 rings (SSSR count). The number of hydrogen-bond acceptors (Lipinski definition) is 4. The van der Waals surface area contributed by atoms with Crippen molar-refractivity contribution in [2.24, 2.45) is 0 Å². The largest absolute Gasteiger partial charge is 0.309 e. The van der Waals surface area contributed by atoms with Crippen LogP contribution in [-0.2, 0) is 5.41 Å². The maximum atomic E-state index is 2.62. The molecule has 0 unspecified atom stereocenters. The lowest BCUT2D eigenvalue weighted by molar-refractivity contribution is 0.758. The summed E-state index contributed by atoms with van der Waals surface area (Å²) in [5, 5.41) is 12.2. The molecule has 8 aromatic carbocycles. The first-order valence-electron chi connectivity index (χ1n) is 21.8. The maximum absolute atomic E-state index is 2.62. The van der Waals surface area contributed by atoms with Crippen LogP contribution >= 0.6 is 34.0 Å². The Hall–Kier alpha value is -7.22. The van der Waals surface area contributed by atoms with E-state index in [0.29, 0.717) is 0 Å². The van der Waals surface area contributed by atoms with E-state index in [1.54, 1.807) is 0 Å². The number of para-hydroxylation sites is 3. The standard InChI is InChI=1S/C58H35N3S3/c1-34-19-23-44-52(31-34)61(54-45(24-22-41-40-15-7-10-18-53(40)64-55(41)54)58(44)46-27-29-62-56(46)57-47(58)28-30-63-57)37-21-26-51-43(33-37)39-14-6-9-17-49(39)60(51)36-20-25-50-42(32-36)38-13-5-8-16-48(38)59(50)35-11-3-2-4-12-35/h2-33H,1H3. The second-order valence-electron chi connectivity index (χ2n) is 17.3. The highest BCUT2D eigenvalue weighted by molar-refractivity contribution is 7.26. The Balaban J connectivity index is 1.01. The van der Waals surface area contributed by atoms with E-state index in [2.05, 4.69) is 214 Å². The van der Waals surface area contributed by atoms with Crippen molar-refractivity contribution in [3.8, 4) is 21.1 Å². The van der Waals surface area contributed by atoms with Crippen LogP contribution in [0.5, 0.6) is 0 Å². The third-order valence-corrected chi connectivity index (χ3v) is 17.3. The molecule has 1 aliphatic heterocycles. The number of rotatable bonds is 3. The molecule has 0 saturated heterocycles. The fraction of sp³-hybridized carbons (Fsp3) is 0.0345. The molecule has 3 nitrogen and oxygen atoms in total. The number of fused-ring (bicyclic) bond motifs is 19. The van der Waals surface area contributed by atoms with E-state index in [9.17, 15) is 0 Å². The van der Waals surface area contributed by atoms with Gasteiger partial charge in [0.2, 0.25) is 0 Å². The van der Waals surface area contributed by atoms with Gasteiger partial charge in [0.15, 0.2) is 0 Å². The Labute approximate surface area is 380 Å². The van der Waals surface area contributed by atoms with Gasteiger partial charge in [-0.3, -0.25) is 0 Å². The third kappa shape index (κ3) is 4.40. The van der Waals surface area contributed by atoms with Crippen LogP contribution in [0, 0.1) is 6.92 Å². The minimum atomic E-state index is -0.424. The number of thiophene rings is 3. The minimum absolute atomic E-state index is 0.424. The second kappa shape index (κ2) is 12.7. The molecule has 6 heteroatoms. The quantitative estimate of drug-likeness (QED) is 0.172. The van der Waals surface area contributed by atoms with Crippen molar-refractivity contribution in [3.05, 3.63) is 221 Å². The molecule has 0 bridgehead atoms. The zero-order valence-electron chi connectivity index (χ0n) is 34.5. The summed E-state index contributed by atoms with van der Waals surface area (Å²) < 4.78 is 7.51. The molecule has 5 aromatic heterocycles. The SMILES string of the molecule is Cc1ccc2c(c1)N(c1ccc3c(c1)c1ccccc1n3-c1ccc3c(c1)c1ccccc1n3-c1ccccc1)c1c(ccc3c1sc1ccccc13)C21c2ccsc2-c2sccc21. The summed E-state index contributed by atoms with van der Waals surface area (Å²) >= 11 is 5.70. The van der Waals surface area contributed by atoms with E-state index in [1.165, 1.54) is 124 Å². The second-order valence-corrected chi connectivity index (χ2v) is 20.2. The summed E-state index contributed by atoms with van der Waals surface area (Å²) in [6, 6.07) is 68.5. The molecule has 0 atom stereocenters. The van der Waals surface area contributed by atoms with Crippen LogP contribution in [0.3, 0.4) is 0 Å². The van der Waals surface area contributed by atoms with Gasteiger partial charge in [-0.2, -0.15) is 0 Å². The predicted octanol–water partition coefficient (Wildman–Crippen LogP) is 16.8. The lowest BCUT2D eigenvalue weighted by Crippen LogP contribution is -2.36. The highest BCUT2D eigenvalue weighted by atomic mass is 32.1. The highest BCUT2D eigenvalue weighted by Crippen LogP contribution is 2.67. The van der Waals surface area contributed by atoms with Gasteiger partial charge in [0.05, 0.1) is 43.6 Å². The first-order chi connectivity index (χ1) is 31.7. The van der Waals surface area contributed by atoms with E-state index in [-0.39, 0.29) is 0 Å². The molecular formula is C58H35N3S3. The molecule has 0 fully saturated rings. The molecule has 0 N–H and O–H groups in total. The first kappa shape index (κ1) is 35.3. The van der Waals surface area contributed by atoms with E-state index in [4.69, 9.17) is 0 Å². The van der Waals surface area contributed by atoms with Crippen molar-refractivity contribution in [2.45, 2.75) is 12.3 Å².